The van der Waals surface area contributed by atoms with Crippen molar-refractivity contribution >= 4 is 29.1 Å². The van der Waals surface area contributed by atoms with Crippen molar-refractivity contribution in [1.82, 2.24) is 4.90 Å². The molecule has 1 N–H and O–H groups in total. The minimum Gasteiger partial charge on any atom is -0.324 e. The third-order valence-corrected chi connectivity index (χ3v) is 5.55. The van der Waals surface area contributed by atoms with E-state index in [-0.39, 0.29) is 53.4 Å². The molecule has 8 nitrogen and oxygen atoms in total. The fraction of sp³-hybridized carbons (Fsp3) is 0.389. The van der Waals surface area contributed by atoms with E-state index in [2.05, 4.69) is 5.32 Å². The summed E-state index contributed by atoms with van der Waals surface area (Å²) in [6.45, 7) is 1.23. The fourth-order valence-corrected chi connectivity index (χ4v) is 4.35. The van der Waals surface area contributed by atoms with E-state index in [0.717, 1.165) is 11.3 Å². The highest BCUT2D eigenvalue weighted by atomic mass is 16.6. The lowest BCUT2D eigenvalue weighted by atomic mass is 9.85. The van der Waals surface area contributed by atoms with Crippen LogP contribution in [0.2, 0.25) is 0 Å². The Hall–Kier alpha value is -3.03. The summed E-state index contributed by atoms with van der Waals surface area (Å²) in [6.07, 6.45) is 4.82. The Morgan fingerprint density at radius 3 is 2.42 bits per heavy atom. The van der Waals surface area contributed by atoms with Crippen LogP contribution in [0.4, 0.5) is 11.4 Å². The molecule has 1 saturated heterocycles. The van der Waals surface area contributed by atoms with E-state index < -0.39 is 10.8 Å². The first-order chi connectivity index (χ1) is 12.4. The van der Waals surface area contributed by atoms with Gasteiger partial charge >= 0.3 is 0 Å². The smallest absolute Gasteiger partial charge is 0.274 e. The van der Waals surface area contributed by atoms with Crippen molar-refractivity contribution in [3.05, 3.63) is 46.0 Å². The Labute approximate surface area is 149 Å². The molecule has 1 aliphatic heterocycles. The van der Waals surface area contributed by atoms with Crippen molar-refractivity contribution in [3.63, 3.8) is 0 Å². The highest BCUT2D eigenvalue weighted by Crippen LogP contribution is 2.52. The van der Waals surface area contributed by atoms with E-state index in [1.54, 1.807) is 13.0 Å². The zero-order valence-corrected chi connectivity index (χ0v) is 14.0. The number of rotatable bonds is 4. The lowest BCUT2D eigenvalue weighted by molar-refractivity contribution is -0.385. The number of nitrogens with one attached hydrogen (secondary N) is 1. The van der Waals surface area contributed by atoms with Crippen LogP contribution in [0.1, 0.15) is 12.0 Å². The molecule has 1 saturated carbocycles. The Balaban J connectivity index is 1.46. The number of likely N-dealkylation sites (tertiary alicyclic amines) is 1. The summed E-state index contributed by atoms with van der Waals surface area (Å²) in [5.74, 6) is -1.63. The predicted molar refractivity (Wildman–Crippen MR) is 90.9 cm³/mol. The van der Waals surface area contributed by atoms with Gasteiger partial charge in [0.2, 0.25) is 17.7 Å². The number of amides is 3. The normalized spacial score (nSPS) is 28.6. The van der Waals surface area contributed by atoms with Crippen LogP contribution in [0.15, 0.2) is 30.4 Å². The number of nitrogens with zero attached hydrogens (tertiary/aromatic N) is 2. The van der Waals surface area contributed by atoms with Crippen LogP contribution < -0.4 is 5.32 Å². The van der Waals surface area contributed by atoms with Crippen molar-refractivity contribution < 1.29 is 19.3 Å². The van der Waals surface area contributed by atoms with Crippen LogP contribution in [0.5, 0.6) is 0 Å². The lowest BCUT2D eigenvalue weighted by Crippen LogP contribution is -2.39. The molecule has 134 valence electrons. The molecule has 0 unspecified atom stereocenters. The van der Waals surface area contributed by atoms with Crippen molar-refractivity contribution in [2.45, 2.75) is 13.3 Å². The van der Waals surface area contributed by atoms with Gasteiger partial charge in [0.15, 0.2) is 0 Å². The Kier molecular flexibility index (Phi) is 3.64. The zero-order chi connectivity index (χ0) is 18.6. The summed E-state index contributed by atoms with van der Waals surface area (Å²) in [7, 11) is 0. The SMILES string of the molecule is Cc1ccc(NC(=O)CN2C(=O)[C@H]3[C@H](C2=O)[C@H]2C=C[C@H]3C2)cc1[N+](=O)[O-]. The third kappa shape index (κ3) is 2.40. The molecule has 1 aromatic carbocycles. The first kappa shape index (κ1) is 16.4. The summed E-state index contributed by atoms with van der Waals surface area (Å²) >= 11 is 0. The second-order valence-electron chi connectivity index (χ2n) is 7.07. The molecule has 2 bridgehead atoms. The van der Waals surface area contributed by atoms with E-state index in [1.807, 2.05) is 12.2 Å². The number of aryl methyl sites for hydroxylation is 1. The van der Waals surface area contributed by atoms with Crippen LogP contribution in [0.3, 0.4) is 0 Å². The van der Waals surface area contributed by atoms with Gasteiger partial charge in [0, 0.05) is 17.3 Å². The maximum absolute atomic E-state index is 12.6. The van der Waals surface area contributed by atoms with Crippen LogP contribution >= 0.6 is 0 Å². The quantitative estimate of drug-likeness (QED) is 0.382. The van der Waals surface area contributed by atoms with Crippen molar-refractivity contribution in [2.75, 3.05) is 11.9 Å². The van der Waals surface area contributed by atoms with Crippen molar-refractivity contribution in [3.8, 4) is 0 Å². The number of nitro benzene ring substituents is 1. The zero-order valence-electron chi connectivity index (χ0n) is 14.0. The summed E-state index contributed by atoms with van der Waals surface area (Å²) in [5.41, 5.74) is 0.635. The van der Waals surface area contributed by atoms with E-state index in [4.69, 9.17) is 0 Å². The molecule has 2 aliphatic carbocycles. The number of carbonyl (C=O) groups excluding carboxylic acids is 3. The van der Waals surface area contributed by atoms with Crippen LogP contribution in [0.25, 0.3) is 0 Å². The molecule has 4 atom stereocenters. The number of nitro groups is 1. The molecule has 26 heavy (non-hydrogen) atoms. The van der Waals surface area contributed by atoms with Gasteiger partial charge in [-0.15, -0.1) is 0 Å². The minimum atomic E-state index is -0.551. The third-order valence-electron chi connectivity index (χ3n) is 5.55. The highest BCUT2D eigenvalue weighted by Gasteiger charge is 2.59. The van der Waals surface area contributed by atoms with E-state index in [9.17, 15) is 24.5 Å². The first-order valence-corrected chi connectivity index (χ1v) is 8.45. The standard InChI is InChI=1S/C18H17N3O5/c1-9-2-5-12(7-13(9)21(25)26)19-14(22)8-20-17(23)15-10-3-4-11(6-10)16(15)18(20)24/h2-5,7,10-11,15-16H,6,8H2,1H3,(H,19,22)/t10-,11-,15+,16+/m0/s1. The van der Waals surface area contributed by atoms with Gasteiger partial charge in [-0.25, -0.2) is 0 Å². The van der Waals surface area contributed by atoms with Gasteiger partial charge in [0.1, 0.15) is 6.54 Å². The van der Waals surface area contributed by atoms with Gasteiger partial charge in [0.25, 0.3) is 5.69 Å². The average molecular weight is 355 g/mol. The van der Waals surface area contributed by atoms with Gasteiger partial charge in [-0.1, -0.05) is 18.2 Å². The number of anilines is 1. The maximum Gasteiger partial charge on any atom is 0.274 e. The Morgan fingerprint density at radius 2 is 1.85 bits per heavy atom. The molecule has 4 rings (SSSR count). The van der Waals surface area contributed by atoms with Crippen LogP contribution in [-0.4, -0.2) is 34.1 Å². The predicted octanol–water partition coefficient (Wildman–Crippen LogP) is 1.65. The Morgan fingerprint density at radius 1 is 1.23 bits per heavy atom. The fourth-order valence-electron chi connectivity index (χ4n) is 4.35. The molecule has 0 spiro atoms. The number of allylic oxidation sites excluding steroid dienone is 2. The summed E-state index contributed by atoms with van der Waals surface area (Å²) in [6, 6.07) is 4.35. The van der Waals surface area contributed by atoms with Crippen LogP contribution in [0, 0.1) is 40.7 Å². The van der Waals surface area contributed by atoms with Gasteiger partial charge in [-0.05, 0) is 31.2 Å². The molecular weight excluding hydrogens is 338 g/mol. The summed E-state index contributed by atoms with van der Waals surface area (Å²) in [4.78, 5) is 48.9. The van der Waals surface area contributed by atoms with E-state index in [0.29, 0.717) is 5.56 Å². The molecular formula is C18H17N3O5. The lowest BCUT2D eigenvalue weighted by Gasteiger charge is -2.16. The minimum absolute atomic E-state index is 0.0919. The van der Waals surface area contributed by atoms with E-state index in [1.165, 1.54) is 12.1 Å². The molecule has 3 amide bonds. The second-order valence-corrected chi connectivity index (χ2v) is 7.07. The van der Waals surface area contributed by atoms with Gasteiger partial charge in [-0.3, -0.25) is 29.4 Å². The van der Waals surface area contributed by atoms with Crippen LogP contribution in [-0.2, 0) is 14.4 Å². The number of carbonyl (C=O) groups is 3. The molecule has 1 heterocycles. The molecule has 2 fully saturated rings. The Bertz CT molecular complexity index is 848. The number of benzene rings is 1. The number of imide groups is 1. The van der Waals surface area contributed by atoms with Gasteiger partial charge in [0.05, 0.1) is 16.8 Å². The maximum atomic E-state index is 12.6. The number of fused-ring (bicyclic) bond motifs is 5. The summed E-state index contributed by atoms with van der Waals surface area (Å²) < 4.78 is 0. The second kappa shape index (κ2) is 5.76. The van der Waals surface area contributed by atoms with E-state index >= 15 is 0 Å². The topological polar surface area (TPSA) is 110 Å². The van der Waals surface area contributed by atoms with Gasteiger partial charge in [-0.2, -0.15) is 0 Å². The molecule has 3 aliphatic rings. The van der Waals surface area contributed by atoms with Crippen molar-refractivity contribution in [1.29, 1.82) is 0 Å². The molecule has 0 radical (unpaired) electrons. The molecule has 0 aromatic heterocycles. The molecule has 8 heteroatoms. The first-order valence-electron chi connectivity index (χ1n) is 8.45. The van der Waals surface area contributed by atoms with Crippen molar-refractivity contribution in [2.24, 2.45) is 23.7 Å². The highest BCUT2D eigenvalue weighted by molar-refractivity contribution is 6.09. The largest absolute Gasteiger partial charge is 0.324 e. The molecule has 1 aromatic rings. The number of hydrogen-bond donors (Lipinski definition) is 1. The number of hydrogen-bond acceptors (Lipinski definition) is 5. The van der Waals surface area contributed by atoms with Gasteiger partial charge < -0.3 is 5.32 Å². The monoisotopic (exact) mass is 355 g/mol. The average Bonchev–Trinajstić information content (AvgIpc) is 3.26. The summed E-state index contributed by atoms with van der Waals surface area (Å²) in [5, 5.41) is 13.5.